The Kier molecular flexibility index (Phi) is 3.99. The van der Waals surface area contributed by atoms with E-state index in [0.717, 1.165) is 12.8 Å². The number of rotatable bonds is 3. The first kappa shape index (κ1) is 12.8. The van der Waals surface area contributed by atoms with E-state index < -0.39 is 0 Å². The Balaban J connectivity index is 2.80. The van der Waals surface area contributed by atoms with E-state index in [9.17, 15) is 4.79 Å². The van der Waals surface area contributed by atoms with E-state index in [-0.39, 0.29) is 11.2 Å². The molecular weight excluding hydrogens is 208 g/mol. The Labute approximate surface area is 97.9 Å². The average molecular weight is 229 g/mol. The van der Waals surface area contributed by atoms with E-state index in [1.165, 1.54) is 24.0 Å². The number of ketones is 1. The first-order valence-electron chi connectivity index (χ1n) is 5.68. The maximum atomic E-state index is 11.1. The summed E-state index contributed by atoms with van der Waals surface area (Å²) < 4.78 is 0. The number of Topliss-reactive ketones (excluding diaryl/α,β-unsaturated/α-hetero) is 1. The molecule has 2 heteroatoms. The fourth-order valence-electron chi connectivity index (χ4n) is 2.21. The van der Waals surface area contributed by atoms with Crippen LogP contribution >= 0.6 is 11.6 Å². The lowest BCUT2D eigenvalue weighted by Gasteiger charge is -2.34. The molecule has 15 heavy (non-hydrogen) atoms. The molecule has 0 aliphatic heterocycles. The monoisotopic (exact) mass is 228 g/mol. The van der Waals surface area contributed by atoms with Gasteiger partial charge in [-0.25, -0.2) is 0 Å². The molecule has 0 bridgehead atoms. The number of hydrogen-bond donors (Lipinski definition) is 0. The van der Waals surface area contributed by atoms with Gasteiger partial charge in [-0.05, 0) is 44.9 Å². The van der Waals surface area contributed by atoms with Crippen LogP contribution in [0.5, 0.6) is 0 Å². The Morgan fingerprint density at radius 1 is 1.53 bits per heavy atom. The molecule has 0 aromatic carbocycles. The van der Waals surface area contributed by atoms with Crippen LogP contribution in [0.15, 0.2) is 11.1 Å². The first-order valence-corrected chi connectivity index (χ1v) is 6.12. The molecular formula is C13H21ClO. The second kappa shape index (κ2) is 4.69. The van der Waals surface area contributed by atoms with Crippen LogP contribution in [-0.4, -0.2) is 11.2 Å². The van der Waals surface area contributed by atoms with Crippen molar-refractivity contribution in [2.75, 3.05) is 0 Å². The van der Waals surface area contributed by atoms with Gasteiger partial charge < -0.3 is 0 Å². The van der Waals surface area contributed by atoms with Crippen molar-refractivity contribution in [3.63, 3.8) is 0 Å². The minimum Gasteiger partial charge on any atom is -0.298 e. The van der Waals surface area contributed by atoms with Crippen molar-refractivity contribution in [1.29, 1.82) is 0 Å². The molecule has 1 aliphatic rings. The van der Waals surface area contributed by atoms with Crippen molar-refractivity contribution in [2.45, 2.75) is 58.8 Å². The molecule has 1 aliphatic carbocycles. The van der Waals surface area contributed by atoms with Crippen LogP contribution in [-0.2, 0) is 4.79 Å². The molecule has 0 N–H and O–H groups in total. The molecule has 1 nitrogen and oxygen atoms in total. The summed E-state index contributed by atoms with van der Waals surface area (Å²) in [5, 5.41) is -0.330. The summed E-state index contributed by atoms with van der Waals surface area (Å²) in [5.41, 5.74) is 3.14. The fraction of sp³-hybridized carbons (Fsp3) is 0.769. The molecule has 0 amide bonds. The molecule has 0 heterocycles. The van der Waals surface area contributed by atoms with E-state index >= 15 is 0 Å². The van der Waals surface area contributed by atoms with Gasteiger partial charge in [0.25, 0.3) is 0 Å². The van der Waals surface area contributed by atoms with E-state index in [1.54, 1.807) is 6.92 Å². The SMILES string of the molecule is CC(=O)C(Cl)CC1=C(C)C(C)(C)CCC1. The number of hydrogen-bond acceptors (Lipinski definition) is 1. The summed E-state index contributed by atoms with van der Waals surface area (Å²) in [5.74, 6) is 0.0837. The standard InChI is InChI=1S/C13H21ClO/c1-9-11(8-12(14)10(2)15)6-5-7-13(9,3)4/h12H,5-8H2,1-4H3. The van der Waals surface area contributed by atoms with Gasteiger partial charge >= 0.3 is 0 Å². The lowest BCUT2D eigenvalue weighted by Crippen LogP contribution is -2.21. The maximum absolute atomic E-state index is 11.1. The molecule has 86 valence electrons. The van der Waals surface area contributed by atoms with Crippen molar-refractivity contribution in [1.82, 2.24) is 0 Å². The van der Waals surface area contributed by atoms with Crippen molar-refractivity contribution in [3.05, 3.63) is 11.1 Å². The zero-order valence-electron chi connectivity index (χ0n) is 10.2. The summed E-state index contributed by atoms with van der Waals surface area (Å²) in [7, 11) is 0. The highest BCUT2D eigenvalue weighted by Gasteiger charge is 2.27. The summed E-state index contributed by atoms with van der Waals surface area (Å²) >= 11 is 6.02. The van der Waals surface area contributed by atoms with E-state index in [2.05, 4.69) is 20.8 Å². The molecule has 0 spiro atoms. The van der Waals surface area contributed by atoms with Crippen LogP contribution in [0.25, 0.3) is 0 Å². The minimum absolute atomic E-state index is 0.0837. The van der Waals surface area contributed by atoms with Crippen molar-refractivity contribution >= 4 is 17.4 Å². The topological polar surface area (TPSA) is 17.1 Å². The van der Waals surface area contributed by atoms with Crippen LogP contribution in [0.1, 0.15) is 53.4 Å². The zero-order valence-corrected chi connectivity index (χ0v) is 10.9. The second-order valence-corrected chi connectivity index (χ2v) is 5.78. The third kappa shape index (κ3) is 3.07. The van der Waals surface area contributed by atoms with Crippen molar-refractivity contribution in [3.8, 4) is 0 Å². The van der Waals surface area contributed by atoms with E-state index in [4.69, 9.17) is 11.6 Å². The fourth-order valence-corrected chi connectivity index (χ4v) is 2.40. The van der Waals surface area contributed by atoms with Gasteiger partial charge in [-0.1, -0.05) is 25.0 Å². The number of halogens is 1. The van der Waals surface area contributed by atoms with E-state index in [0.29, 0.717) is 5.41 Å². The Morgan fingerprint density at radius 3 is 2.67 bits per heavy atom. The molecule has 0 saturated heterocycles. The predicted molar refractivity (Wildman–Crippen MR) is 65.3 cm³/mol. The average Bonchev–Trinajstić information content (AvgIpc) is 2.12. The van der Waals surface area contributed by atoms with Crippen LogP contribution in [0.2, 0.25) is 0 Å². The van der Waals surface area contributed by atoms with Crippen LogP contribution in [0, 0.1) is 5.41 Å². The van der Waals surface area contributed by atoms with Gasteiger partial charge in [0.2, 0.25) is 0 Å². The predicted octanol–water partition coefficient (Wildman–Crippen LogP) is 4.10. The largest absolute Gasteiger partial charge is 0.298 e. The first-order chi connectivity index (χ1) is 6.84. The smallest absolute Gasteiger partial charge is 0.147 e. The van der Waals surface area contributed by atoms with Gasteiger partial charge in [0.05, 0.1) is 5.38 Å². The third-order valence-corrected chi connectivity index (χ3v) is 4.15. The molecule has 1 rings (SSSR count). The summed E-state index contributed by atoms with van der Waals surface area (Å²) in [6.07, 6.45) is 4.33. The lowest BCUT2D eigenvalue weighted by molar-refractivity contribution is -0.116. The van der Waals surface area contributed by atoms with Gasteiger partial charge in [0.15, 0.2) is 0 Å². The van der Waals surface area contributed by atoms with Crippen LogP contribution in [0.3, 0.4) is 0 Å². The van der Waals surface area contributed by atoms with Gasteiger partial charge in [-0.2, -0.15) is 0 Å². The highest BCUT2D eigenvalue weighted by molar-refractivity contribution is 6.30. The Bertz CT molecular complexity index is 289. The Morgan fingerprint density at radius 2 is 2.13 bits per heavy atom. The zero-order chi connectivity index (χ0) is 11.6. The van der Waals surface area contributed by atoms with E-state index in [1.807, 2.05) is 0 Å². The molecule has 0 radical (unpaired) electrons. The van der Waals surface area contributed by atoms with Gasteiger partial charge in [-0.15, -0.1) is 11.6 Å². The normalized spacial score (nSPS) is 22.7. The van der Waals surface area contributed by atoms with Gasteiger partial charge in [0.1, 0.15) is 5.78 Å². The van der Waals surface area contributed by atoms with Gasteiger partial charge in [-0.3, -0.25) is 4.79 Å². The van der Waals surface area contributed by atoms with Crippen molar-refractivity contribution in [2.24, 2.45) is 5.41 Å². The minimum atomic E-state index is -0.330. The number of carbonyl (C=O) groups excluding carboxylic acids is 1. The molecule has 0 aromatic rings. The summed E-state index contributed by atoms with van der Waals surface area (Å²) in [6, 6.07) is 0. The number of carbonyl (C=O) groups is 1. The van der Waals surface area contributed by atoms with Crippen LogP contribution in [0.4, 0.5) is 0 Å². The summed E-state index contributed by atoms with van der Waals surface area (Å²) in [6.45, 7) is 8.32. The number of allylic oxidation sites excluding steroid dienone is 2. The molecule has 0 saturated carbocycles. The van der Waals surface area contributed by atoms with Crippen LogP contribution < -0.4 is 0 Å². The summed E-state index contributed by atoms with van der Waals surface area (Å²) in [4.78, 5) is 11.1. The molecule has 0 fully saturated rings. The molecule has 0 aromatic heterocycles. The van der Waals surface area contributed by atoms with Crippen molar-refractivity contribution < 1.29 is 4.79 Å². The quantitative estimate of drug-likeness (QED) is 0.525. The molecule has 1 unspecified atom stereocenters. The number of alkyl halides is 1. The highest BCUT2D eigenvalue weighted by Crippen LogP contribution is 2.41. The second-order valence-electron chi connectivity index (χ2n) is 5.25. The highest BCUT2D eigenvalue weighted by atomic mass is 35.5. The van der Waals surface area contributed by atoms with Gasteiger partial charge in [0, 0.05) is 0 Å². The molecule has 1 atom stereocenters. The maximum Gasteiger partial charge on any atom is 0.147 e. The Hall–Kier alpha value is -0.300. The lowest BCUT2D eigenvalue weighted by atomic mass is 9.72. The third-order valence-electron chi connectivity index (χ3n) is 3.69.